The fourth-order valence-corrected chi connectivity index (χ4v) is 2.05. The summed E-state index contributed by atoms with van der Waals surface area (Å²) in [5.41, 5.74) is 4.18. The summed E-state index contributed by atoms with van der Waals surface area (Å²) >= 11 is 0. The highest BCUT2D eigenvalue weighted by atomic mass is 14.9. The first kappa shape index (κ1) is 10.7. The van der Waals surface area contributed by atoms with Crippen molar-refractivity contribution in [3.63, 3.8) is 0 Å². The first-order valence-electron chi connectivity index (χ1n) is 5.92. The molecule has 1 aromatic heterocycles. The average Bonchev–Trinajstić information content (AvgIpc) is 2.83. The number of hydrogen-bond acceptors (Lipinski definition) is 1. The fourth-order valence-electron chi connectivity index (χ4n) is 2.05. The van der Waals surface area contributed by atoms with Crippen LogP contribution in [-0.2, 0) is 0 Å². The van der Waals surface area contributed by atoms with Crippen molar-refractivity contribution >= 4 is 22.3 Å². The first-order chi connectivity index (χ1) is 8.84. The number of nitrogens with one attached hydrogen (secondary N) is 2. The van der Waals surface area contributed by atoms with E-state index < -0.39 is 0 Å². The molecule has 18 heavy (non-hydrogen) atoms. The van der Waals surface area contributed by atoms with Crippen molar-refractivity contribution in [3.05, 3.63) is 72.9 Å². The van der Waals surface area contributed by atoms with Crippen LogP contribution >= 0.6 is 0 Å². The van der Waals surface area contributed by atoms with Crippen LogP contribution in [0.5, 0.6) is 0 Å². The summed E-state index contributed by atoms with van der Waals surface area (Å²) in [7, 11) is 0. The van der Waals surface area contributed by atoms with Crippen molar-refractivity contribution in [2.75, 3.05) is 5.32 Å². The number of aromatic nitrogens is 1. The van der Waals surface area contributed by atoms with Gasteiger partial charge in [-0.1, -0.05) is 55.1 Å². The zero-order chi connectivity index (χ0) is 12.4. The summed E-state index contributed by atoms with van der Waals surface area (Å²) < 4.78 is 0. The normalized spacial score (nSPS) is 10.4. The lowest BCUT2D eigenvalue weighted by Crippen LogP contribution is -1.96. The third-order valence-electron chi connectivity index (χ3n) is 3.00. The lowest BCUT2D eigenvalue weighted by Gasteiger charge is -2.08. The zero-order valence-corrected chi connectivity index (χ0v) is 9.98. The van der Waals surface area contributed by atoms with Gasteiger partial charge in [-0.2, -0.15) is 0 Å². The fraction of sp³-hybridized carbons (Fsp3) is 0. The molecule has 2 nitrogen and oxygen atoms in total. The highest BCUT2D eigenvalue weighted by Gasteiger charge is 2.04. The largest absolute Gasteiger partial charge is 0.359 e. The van der Waals surface area contributed by atoms with Gasteiger partial charge in [0.15, 0.2) is 0 Å². The minimum Gasteiger partial charge on any atom is -0.359 e. The molecule has 1 heterocycles. The summed E-state index contributed by atoms with van der Waals surface area (Å²) in [5, 5.41) is 4.53. The van der Waals surface area contributed by atoms with E-state index in [1.54, 1.807) is 0 Å². The quantitative estimate of drug-likeness (QED) is 0.696. The molecule has 0 fully saturated rings. The van der Waals surface area contributed by atoms with Crippen LogP contribution in [-0.4, -0.2) is 4.98 Å². The molecule has 2 N–H and O–H groups in total. The van der Waals surface area contributed by atoms with Crippen molar-refractivity contribution < 1.29 is 0 Å². The monoisotopic (exact) mass is 234 g/mol. The summed E-state index contributed by atoms with van der Waals surface area (Å²) in [4.78, 5) is 3.24. The predicted molar refractivity (Wildman–Crippen MR) is 77.4 cm³/mol. The molecule has 0 saturated carbocycles. The maximum Gasteiger partial charge on any atom is 0.0641 e. The minimum atomic E-state index is 0.903. The predicted octanol–water partition coefficient (Wildman–Crippen LogP) is 4.25. The van der Waals surface area contributed by atoms with Gasteiger partial charge in [0.2, 0.25) is 0 Å². The Labute approximate surface area is 106 Å². The SMILES string of the molecule is C=C(Nc1c[nH]c2ccccc12)c1ccccc1. The van der Waals surface area contributed by atoms with E-state index in [-0.39, 0.29) is 0 Å². The van der Waals surface area contributed by atoms with Crippen molar-refractivity contribution in [3.8, 4) is 0 Å². The molecule has 0 bridgehead atoms. The highest BCUT2D eigenvalue weighted by molar-refractivity contribution is 5.95. The van der Waals surface area contributed by atoms with Crippen molar-refractivity contribution in [1.29, 1.82) is 0 Å². The number of H-pyrrole nitrogens is 1. The van der Waals surface area contributed by atoms with Crippen LogP contribution in [0.2, 0.25) is 0 Å². The second kappa shape index (κ2) is 4.41. The van der Waals surface area contributed by atoms with Gasteiger partial charge in [0.1, 0.15) is 0 Å². The second-order valence-corrected chi connectivity index (χ2v) is 4.22. The molecule has 0 amide bonds. The molecule has 0 radical (unpaired) electrons. The van der Waals surface area contributed by atoms with E-state index in [0.717, 1.165) is 22.5 Å². The zero-order valence-electron chi connectivity index (χ0n) is 9.98. The highest BCUT2D eigenvalue weighted by Crippen LogP contribution is 2.25. The minimum absolute atomic E-state index is 0.903. The molecule has 88 valence electrons. The summed E-state index contributed by atoms with van der Waals surface area (Å²) in [6, 6.07) is 18.3. The van der Waals surface area contributed by atoms with E-state index in [1.807, 2.05) is 48.7 Å². The number of para-hydroxylation sites is 1. The maximum atomic E-state index is 4.08. The van der Waals surface area contributed by atoms with Gasteiger partial charge >= 0.3 is 0 Å². The molecular formula is C16H14N2. The summed E-state index contributed by atoms with van der Waals surface area (Å²) in [6.07, 6.45) is 1.97. The van der Waals surface area contributed by atoms with Gasteiger partial charge in [-0.25, -0.2) is 0 Å². The van der Waals surface area contributed by atoms with Crippen LogP contribution in [0, 0.1) is 0 Å². The van der Waals surface area contributed by atoms with Gasteiger partial charge in [-0.3, -0.25) is 0 Å². The van der Waals surface area contributed by atoms with Crippen molar-refractivity contribution in [2.45, 2.75) is 0 Å². The lowest BCUT2D eigenvalue weighted by atomic mass is 10.1. The van der Waals surface area contributed by atoms with E-state index in [2.05, 4.69) is 29.0 Å². The molecule has 0 aliphatic carbocycles. The van der Waals surface area contributed by atoms with Crippen molar-refractivity contribution in [1.82, 2.24) is 4.98 Å². The Morgan fingerprint density at radius 3 is 2.50 bits per heavy atom. The Bertz CT molecular complexity index is 680. The Balaban J connectivity index is 1.91. The van der Waals surface area contributed by atoms with Gasteiger partial charge in [0.05, 0.1) is 5.69 Å². The van der Waals surface area contributed by atoms with Gasteiger partial charge < -0.3 is 10.3 Å². The molecular weight excluding hydrogens is 220 g/mol. The number of anilines is 1. The molecule has 3 rings (SSSR count). The number of rotatable bonds is 3. The van der Waals surface area contributed by atoms with E-state index in [4.69, 9.17) is 0 Å². The van der Waals surface area contributed by atoms with Gasteiger partial charge in [0.25, 0.3) is 0 Å². The van der Waals surface area contributed by atoms with E-state index in [0.29, 0.717) is 0 Å². The van der Waals surface area contributed by atoms with Crippen LogP contribution in [0.25, 0.3) is 16.6 Å². The average molecular weight is 234 g/mol. The standard InChI is InChI=1S/C16H14N2/c1-12(13-7-3-2-4-8-13)18-16-11-17-15-10-6-5-9-14(15)16/h2-11,17-18H,1H2. The van der Waals surface area contributed by atoms with Crippen LogP contribution in [0.1, 0.15) is 5.56 Å². The molecule has 0 saturated heterocycles. The molecule has 3 aromatic rings. The third-order valence-corrected chi connectivity index (χ3v) is 3.00. The molecule has 0 aliphatic rings. The van der Waals surface area contributed by atoms with Gasteiger partial charge in [0, 0.05) is 22.8 Å². The van der Waals surface area contributed by atoms with Crippen LogP contribution < -0.4 is 5.32 Å². The Morgan fingerprint density at radius 2 is 1.67 bits per heavy atom. The number of aromatic amines is 1. The van der Waals surface area contributed by atoms with Crippen LogP contribution in [0.3, 0.4) is 0 Å². The molecule has 2 heteroatoms. The Morgan fingerprint density at radius 1 is 0.944 bits per heavy atom. The molecule has 0 atom stereocenters. The number of benzene rings is 2. The van der Waals surface area contributed by atoms with Gasteiger partial charge in [-0.15, -0.1) is 0 Å². The van der Waals surface area contributed by atoms with E-state index in [1.165, 1.54) is 5.39 Å². The number of fused-ring (bicyclic) bond motifs is 1. The molecule has 2 aromatic carbocycles. The van der Waals surface area contributed by atoms with E-state index in [9.17, 15) is 0 Å². The van der Waals surface area contributed by atoms with Crippen LogP contribution in [0.15, 0.2) is 67.4 Å². The Hall–Kier alpha value is -2.48. The summed E-state index contributed by atoms with van der Waals surface area (Å²) in [5.74, 6) is 0. The lowest BCUT2D eigenvalue weighted by molar-refractivity contribution is 1.46. The number of hydrogen-bond donors (Lipinski definition) is 2. The Kier molecular flexibility index (Phi) is 2.61. The topological polar surface area (TPSA) is 27.8 Å². The van der Waals surface area contributed by atoms with Crippen LogP contribution in [0.4, 0.5) is 5.69 Å². The smallest absolute Gasteiger partial charge is 0.0641 e. The third kappa shape index (κ3) is 1.89. The van der Waals surface area contributed by atoms with E-state index >= 15 is 0 Å². The molecule has 0 spiro atoms. The summed E-state index contributed by atoms with van der Waals surface area (Å²) in [6.45, 7) is 4.08. The molecule has 0 aliphatic heterocycles. The maximum absolute atomic E-state index is 4.08. The van der Waals surface area contributed by atoms with Crippen molar-refractivity contribution in [2.24, 2.45) is 0 Å². The second-order valence-electron chi connectivity index (χ2n) is 4.22. The van der Waals surface area contributed by atoms with Gasteiger partial charge in [-0.05, 0) is 11.6 Å². The first-order valence-corrected chi connectivity index (χ1v) is 5.92. The molecule has 0 unspecified atom stereocenters.